The summed E-state index contributed by atoms with van der Waals surface area (Å²) in [5.41, 5.74) is 2.95. The van der Waals surface area contributed by atoms with Crippen molar-refractivity contribution in [2.45, 2.75) is 63.0 Å². The molecule has 0 spiro atoms. The van der Waals surface area contributed by atoms with Crippen LogP contribution in [0.4, 0.5) is 13.2 Å². The van der Waals surface area contributed by atoms with E-state index >= 15 is 0 Å². The van der Waals surface area contributed by atoms with Crippen molar-refractivity contribution in [3.05, 3.63) is 65.4 Å². The maximum atomic E-state index is 14.0. The number of H-pyrrole nitrogens is 1. The third kappa shape index (κ3) is 5.90. The van der Waals surface area contributed by atoms with E-state index in [1.807, 2.05) is 12.1 Å². The number of likely N-dealkylation sites (tertiary alicyclic amines) is 1. The highest BCUT2D eigenvalue weighted by molar-refractivity contribution is 5.67. The number of carbonyl (C=O) groups is 1. The van der Waals surface area contributed by atoms with Gasteiger partial charge in [-0.25, -0.2) is 4.98 Å². The standard InChI is InChI=1S/C29H32F3N3O2/c30-29(31,32)25-16-21(9-10-24(25)19-5-2-1-3-6-19)26-17-33-28(34-26)22-8-4-7-20(15-22)23-11-13-35(18-23)14-12-27(36)37/h4,7-10,15-17,19,23H,1-3,5-6,11-14,18H2,(H,33,34)(H,36,37). The number of nitrogens with zero attached hydrogens (tertiary/aromatic N) is 2. The molecule has 1 saturated carbocycles. The molecule has 2 heterocycles. The number of imidazole rings is 1. The molecule has 2 aliphatic rings. The van der Waals surface area contributed by atoms with Crippen LogP contribution in [0.1, 0.15) is 73.5 Å². The number of aliphatic carboxylic acids is 1. The van der Waals surface area contributed by atoms with Crippen LogP contribution in [0.5, 0.6) is 0 Å². The van der Waals surface area contributed by atoms with E-state index in [0.29, 0.717) is 35.1 Å². The number of alkyl halides is 3. The van der Waals surface area contributed by atoms with E-state index in [1.165, 1.54) is 6.07 Å². The molecular weight excluding hydrogens is 479 g/mol. The first-order valence-electron chi connectivity index (χ1n) is 13.1. The summed E-state index contributed by atoms with van der Waals surface area (Å²) in [5, 5.41) is 8.94. The van der Waals surface area contributed by atoms with Crippen molar-refractivity contribution in [1.29, 1.82) is 0 Å². The van der Waals surface area contributed by atoms with Gasteiger partial charge in [-0.3, -0.25) is 4.79 Å². The molecule has 196 valence electrons. The Kier molecular flexibility index (Phi) is 7.38. The zero-order valence-electron chi connectivity index (χ0n) is 20.7. The van der Waals surface area contributed by atoms with E-state index in [0.717, 1.165) is 62.7 Å². The summed E-state index contributed by atoms with van der Waals surface area (Å²) in [7, 11) is 0. The van der Waals surface area contributed by atoms with Gasteiger partial charge in [-0.05, 0) is 60.9 Å². The molecule has 2 fully saturated rings. The van der Waals surface area contributed by atoms with Crippen LogP contribution in [0.25, 0.3) is 22.6 Å². The zero-order valence-corrected chi connectivity index (χ0v) is 20.7. The van der Waals surface area contributed by atoms with E-state index in [-0.39, 0.29) is 12.3 Å². The van der Waals surface area contributed by atoms with E-state index in [9.17, 15) is 18.0 Å². The van der Waals surface area contributed by atoms with Crippen molar-refractivity contribution >= 4 is 5.97 Å². The second kappa shape index (κ2) is 10.7. The fourth-order valence-corrected chi connectivity index (χ4v) is 5.86. The number of halogens is 3. The second-order valence-electron chi connectivity index (χ2n) is 10.3. The summed E-state index contributed by atoms with van der Waals surface area (Å²) in [6, 6.07) is 12.7. The number of aromatic nitrogens is 2. The number of nitrogens with one attached hydrogen (secondary N) is 1. The predicted molar refractivity (Wildman–Crippen MR) is 136 cm³/mol. The van der Waals surface area contributed by atoms with Gasteiger partial charge in [0, 0.05) is 24.2 Å². The summed E-state index contributed by atoms with van der Waals surface area (Å²) in [6.45, 7) is 2.23. The number of benzene rings is 2. The van der Waals surface area contributed by atoms with Crippen molar-refractivity contribution in [2.24, 2.45) is 0 Å². The highest BCUT2D eigenvalue weighted by atomic mass is 19.4. The van der Waals surface area contributed by atoms with Crippen LogP contribution in [0.15, 0.2) is 48.7 Å². The molecule has 0 radical (unpaired) electrons. The Labute approximate surface area is 214 Å². The molecule has 1 aromatic heterocycles. The van der Waals surface area contributed by atoms with E-state index in [4.69, 9.17) is 5.11 Å². The first-order chi connectivity index (χ1) is 17.8. The molecule has 5 rings (SSSR count). The van der Waals surface area contributed by atoms with Crippen LogP contribution >= 0.6 is 0 Å². The fraction of sp³-hybridized carbons (Fsp3) is 0.448. The van der Waals surface area contributed by atoms with Gasteiger partial charge in [-0.1, -0.05) is 49.6 Å². The number of rotatable bonds is 7. The van der Waals surface area contributed by atoms with Gasteiger partial charge in [0.25, 0.3) is 0 Å². The third-order valence-electron chi connectivity index (χ3n) is 7.84. The summed E-state index contributed by atoms with van der Waals surface area (Å²) >= 11 is 0. The van der Waals surface area contributed by atoms with Gasteiger partial charge >= 0.3 is 12.1 Å². The van der Waals surface area contributed by atoms with Crippen molar-refractivity contribution in [1.82, 2.24) is 14.9 Å². The van der Waals surface area contributed by atoms with Crippen LogP contribution in [-0.4, -0.2) is 45.6 Å². The van der Waals surface area contributed by atoms with Crippen molar-refractivity contribution in [3.8, 4) is 22.6 Å². The van der Waals surface area contributed by atoms with Crippen molar-refractivity contribution in [3.63, 3.8) is 0 Å². The third-order valence-corrected chi connectivity index (χ3v) is 7.84. The van der Waals surface area contributed by atoms with E-state index in [2.05, 4.69) is 27.0 Å². The molecule has 3 aromatic rings. The van der Waals surface area contributed by atoms with Gasteiger partial charge in [0.05, 0.1) is 23.9 Å². The van der Waals surface area contributed by atoms with Crippen LogP contribution in [0.3, 0.4) is 0 Å². The van der Waals surface area contributed by atoms with Gasteiger partial charge in [-0.2, -0.15) is 13.2 Å². The lowest BCUT2D eigenvalue weighted by Crippen LogP contribution is -2.23. The Morgan fingerprint density at radius 2 is 1.84 bits per heavy atom. The first kappa shape index (κ1) is 25.5. The topological polar surface area (TPSA) is 69.2 Å². The average molecular weight is 512 g/mol. The lowest BCUT2D eigenvalue weighted by atomic mass is 9.81. The molecule has 5 nitrogen and oxygen atoms in total. The highest BCUT2D eigenvalue weighted by Gasteiger charge is 2.36. The smallest absolute Gasteiger partial charge is 0.416 e. The molecule has 1 aliphatic heterocycles. The Balaban J connectivity index is 1.36. The van der Waals surface area contributed by atoms with E-state index in [1.54, 1.807) is 18.3 Å². The molecule has 0 amide bonds. The molecule has 8 heteroatoms. The molecule has 1 saturated heterocycles. The predicted octanol–water partition coefficient (Wildman–Crippen LogP) is 7.07. The second-order valence-corrected chi connectivity index (χ2v) is 10.3. The summed E-state index contributed by atoms with van der Waals surface area (Å²) in [6.07, 6.45) is 2.97. The van der Waals surface area contributed by atoms with Crippen LogP contribution in [0.2, 0.25) is 0 Å². The van der Waals surface area contributed by atoms with Gasteiger partial charge in [0.2, 0.25) is 0 Å². The van der Waals surface area contributed by atoms with Crippen molar-refractivity contribution in [2.75, 3.05) is 19.6 Å². The van der Waals surface area contributed by atoms with Crippen LogP contribution < -0.4 is 0 Å². The summed E-state index contributed by atoms with van der Waals surface area (Å²) in [5.74, 6) is 0.104. The molecule has 2 aromatic carbocycles. The zero-order chi connectivity index (χ0) is 26.0. The molecule has 2 N–H and O–H groups in total. The van der Waals surface area contributed by atoms with E-state index < -0.39 is 17.7 Å². The molecular formula is C29H32F3N3O2. The Hall–Kier alpha value is -3.13. The number of carboxylic acid groups (broad SMARTS) is 1. The van der Waals surface area contributed by atoms with Crippen LogP contribution in [0, 0.1) is 0 Å². The minimum absolute atomic E-state index is 0.0323. The van der Waals surface area contributed by atoms with Gasteiger partial charge in [0.15, 0.2) is 0 Å². The maximum Gasteiger partial charge on any atom is 0.416 e. The quantitative estimate of drug-likeness (QED) is 0.356. The number of aromatic amines is 1. The Bertz CT molecular complexity index is 1250. The molecule has 1 unspecified atom stereocenters. The monoisotopic (exact) mass is 511 g/mol. The average Bonchev–Trinajstić information content (AvgIpc) is 3.58. The van der Waals surface area contributed by atoms with Gasteiger partial charge in [-0.15, -0.1) is 0 Å². The Morgan fingerprint density at radius 1 is 1.03 bits per heavy atom. The fourth-order valence-electron chi connectivity index (χ4n) is 5.86. The minimum Gasteiger partial charge on any atom is -0.481 e. The number of hydrogen-bond donors (Lipinski definition) is 2. The molecule has 0 bridgehead atoms. The maximum absolute atomic E-state index is 14.0. The lowest BCUT2D eigenvalue weighted by molar-refractivity contribution is -0.139. The van der Waals surface area contributed by atoms with Gasteiger partial charge in [0.1, 0.15) is 5.82 Å². The summed E-state index contributed by atoms with van der Waals surface area (Å²) < 4.78 is 42.1. The normalized spacial score (nSPS) is 19.4. The first-order valence-corrected chi connectivity index (χ1v) is 13.1. The molecule has 37 heavy (non-hydrogen) atoms. The lowest BCUT2D eigenvalue weighted by Gasteiger charge is -2.25. The van der Waals surface area contributed by atoms with Crippen LogP contribution in [-0.2, 0) is 11.0 Å². The van der Waals surface area contributed by atoms with Gasteiger partial charge < -0.3 is 15.0 Å². The highest BCUT2D eigenvalue weighted by Crippen LogP contribution is 2.42. The minimum atomic E-state index is -4.40. The Morgan fingerprint density at radius 3 is 2.59 bits per heavy atom. The molecule has 1 aliphatic carbocycles. The summed E-state index contributed by atoms with van der Waals surface area (Å²) in [4.78, 5) is 20.8. The van der Waals surface area contributed by atoms with Crippen molar-refractivity contribution < 1.29 is 23.1 Å². The number of carboxylic acids is 1. The number of hydrogen-bond acceptors (Lipinski definition) is 3. The SMILES string of the molecule is O=C(O)CCN1CCC(c2cccc(-c3ncc(-c4ccc(C5CCCCC5)c(C(F)(F)F)c4)[nH]3)c2)C1. The largest absolute Gasteiger partial charge is 0.481 e. The molecule has 1 atom stereocenters.